The largest absolute Gasteiger partial charge is 0.393 e. The number of hydrogen-bond donors (Lipinski definition) is 1. The molecule has 0 unspecified atom stereocenters. The van der Waals surface area contributed by atoms with Crippen molar-refractivity contribution in [2.75, 3.05) is 18.0 Å². The van der Waals surface area contributed by atoms with Crippen molar-refractivity contribution in [1.29, 1.82) is 0 Å². The van der Waals surface area contributed by atoms with Crippen LogP contribution in [0.2, 0.25) is 0 Å². The molecule has 2 heterocycles. The molecule has 178 valence electrons. The molecule has 34 heavy (non-hydrogen) atoms. The Labute approximate surface area is 196 Å². The van der Waals surface area contributed by atoms with E-state index in [0.29, 0.717) is 48.7 Å². The summed E-state index contributed by atoms with van der Waals surface area (Å²) < 4.78 is 2.19. The molecular weight excluding hydrogens is 438 g/mol. The van der Waals surface area contributed by atoms with Gasteiger partial charge in [-0.25, -0.2) is 4.98 Å². The number of anilines is 1. The lowest BCUT2D eigenvalue weighted by Gasteiger charge is -2.31. The number of nitrogens with zero attached hydrogens (tertiary/aromatic N) is 5. The molecule has 0 atom stereocenters. The first-order valence-electron chi connectivity index (χ1n) is 11.8. The van der Waals surface area contributed by atoms with E-state index in [2.05, 4.69) is 9.55 Å². The number of aromatic nitrogens is 2. The molecule has 0 spiro atoms. The van der Waals surface area contributed by atoms with Crippen molar-refractivity contribution < 1.29 is 15.0 Å². The van der Waals surface area contributed by atoms with E-state index in [1.54, 1.807) is 18.2 Å². The first-order chi connectivity index (χ1) is 16.4. The molecule has 1 saturated heterocycles. The van der Waals surface area contributed by atoms with Gasteiger partial charge in [0, 0.05) is 30.9 Å². The SMILES string of the molecule is O=[N+]([O-])c1cc(N2CCC(O)CC2)cc(-c2ccc3c(c2)ncn3C2CCCCC2)c1[N+](=O)[O-]. The maximum Gasteiger partial charge on any atom is 0.353 e. The van der Waals surface area contributed by atoms with Gasteiger partial charge < -0.3 is 14.6 Å². The van der Waals surface area contributed by atoms with Gasteiger partial charge in [-0.15, -0.1) is 0 Å². The molecule has 0 bridgehead atoms. The monoisotopic (exact) mass is 465 g/mol. The van der Waals surface area contributed by atoms with Crippen LogP contribution in [0.1, 0.15) is 51.0 Å². The lowest BCUT2D eigenvalue weighted by atomic mass is 9.95. The minimum Gasteiger partial charge on any atom is -0.393 e. The van der Waals surface area contributed by atoms with Crippen molar-refractivity contribution in [3.05, 3.63) is 56.9 Å². The van der Waals surface area contributed by atoms with Crippen molar-refractivity contribution in [2.45, 2.75) is 57.1 Å². The van der Waals surface area contributed by atoms with Crippen molar-refractivity contribution in [3.8, 4) is 11.1 Å². The molecule has 2 aliphatic rings. The van der Waals surface area contributed by atoms with Crippen LogP contribution in [0, 0.1) is 20.2 Å². The molecule has 2 fully saturated rings. The molecule has 1 N–H and O–H groups in total. The predicted molar refractivity (Wildman–Crippen MR) is 128 cm³/mol. The Balaban J connectivity index is 1.61. The Morgan fingerprint density at radius 1 is 0.941 bits per heavy atom. The minimum atomic E-state index is -0.694. The first-order valence-corrected chi connectivity index (χ1v) is 11.8. The van der Waals surface area contributed by atoms with Gasteiger partial charge in [-0.1, -0.05) is 25.3 Å². The standard InChI is InChI=1S/C24H27N5O5/c30-19-8-10-26(11-9-19)18-13-20(24(29(33)34)23(14-18)28(31)32)16-6-7-22-21(12-16)25-15-27(22)17-4-2-1-3-5-17/h6-7,12-15,17,19,30H,1-5,8-11H2. The van der Waals surface area contributed by atoms with Gasteiger partial charge in [-0.05, 0) is 49.4 Å². The van der Waals surface area contributed by atoms with E-state index in [9.17, 15) is 25.3 Å². The van der Waals surface area contributed by atoms with E-state index in [1.807, 2.05) is 17.3 Å². The lowest BCUT2D eigenvalue weighted by Crippen LogP contribution is -2.35. The third-order valence-electron chi connectivity index (χ3n) is 7.14. The second-order valence-electron chi connectivity index (χ2n) is 9.24. The van der Waals surface area contributed by atoms with E-state index >= 15 is 0 Å². The van der Waals surface area contributed by atoms with Gasteiger partial charge in [0.2, 0.25) is 0 Å². The zero-order valence-corrected chi connectivity index (χ0v) is 18.8. The van der Waals surface area contributed by atoms with Gasteiger partial charge >= 0.3 is 11.4 Å². The average molecular weight is 466 g/mol. The summed E-state index contributed by atoms with van der Waals surface area (Å²) in [5, 5.41) is 33.6. The molecule has 1 aromatic heterocycles. The molecule has 10 heteroatoms. The summed E-state index contributed by atoms with van der Waals surface area (Å²) in [6.45, 7) is 1.06. The Morgan fingerprint density at radius 3 is 2.35 bits per heavy atom. The van der Waals surface area contributed by atoms with Crippen LogP contribution in [-0.2, 0) is 0 Å². The van der Waals surface area contributed by atoms with Gasteiger partial charge in [0.1, 0.15) is 0 Å². The number of aliphatic hydroxyl groups excluding tert-OH is 1. The van der Waals surface area contributed by atoms with Crippen molar-refractivity contribution >= 4 is 28.1 Å². The fourth-order valence-electron chi connectivity index (χ4n) is 5.31. The highest BCUT2D eigenvalue weighted by atomic mass is 16.6. The summed E-state index contributed by atoms with van der Waals surface area (Å²) in [7, 11) is 0. The van der Waals surface area contributed by atoms with Gasteiger partial charge in [0.05, 0.1) is 38.9 Å². The van der Waals surface area contributed by atoms with Crippen LogP contribution >= 0.6 is 0 Å². The third-order valence-corrected chi connectivity index (χ3v) is 7.14. The van der Waals surface area contributed by atoms with E-state index < -0.39 is 27.3 Å². The highest BCUT2D eigenvalue weighted by molar-refractivity contribution is 5.89. The van der Waals surface area contributed by atoms with Crippen LogP contribution in [-0.4, -0.2) is 43.7 Å². The van der Waals surface area contributed by atoms with E-state index in [4.69, 9.17) is 0 Å². The van der Waals surface area contributed by atoms with Crippen molar-refractivity contribution in [2.24, 2.45) is 0 Å². The maximum atomic E-state index is 12.0. The summed E-state index contributed by atoms with van der Waals surface area (Å²) >= 11 is 0. The first kappa shape index (κ1) is 22.3. The fraction of sp³-hybridized carbons (Fsp3) is 0.458. The number of benzene rings is 2. The summed E-state index contributed by atoms with van der Waals surface area (Å²) in [5.41, 5.74) is 1.91. The number of hydrogen-bond acceptors (Lipinski definition) is 7. The predicted octanol–water partition coefficient (Wildman–Crippen LogP) is 4.99. The van der Waals surface area contributed by atoms with Gasteiger partial charge in [-0.3, -0.25) is 20.2 Å². The summed E-state index contributed by atoms with van der Waals surface area (Å²) in [5.74, 6) is 0. The smallest absolute Gasteiger partial charge is 0.353 e. The molecule has 3 aromatic rings. The van der Waals surface area contributed by atoms with Gasteiger partial charge in [0.25, 0.3) is 0 Å². The fourth-order valence-corrected chi connectivity index (χ4v) is 5.31. The summed E-state index contributed by atoms with van der Waals surface area (Å²) in [4.78, 5) is 28.9. The Kier molecular flexibility index (Phi) is 5.91. The van der Waals surface area contributed by atoms with Crippen LogP contribution in [0.5, 0.6) is 0 Å². The zero-order valence-electron chi connectivity index (χ0n) is 18.8. The van der Waals surface area contributed by atoms with Crippen molar-refractivity contribution in [3.63, 3.8) is 0 Å². The Bertz CT molecular complexity index is 1240. The van der Waals surface area contributed by atoms with Crippen LogP contribution in [0.25, 0.3) is 22.2 Å². The molecule has 1 aliphatic heterocycles. The zero-order chi connectivity index (χ0) is 23.8. The van der Waals surface area contributed by atoms with E-state index in [1.165, 1.54) is 25.3 Å². The molecular formula is C24H27N5O5. The van der Waals surface area contributed by atoms with Crippen LogP contribution in [0.4, 0.5) is 17.1 Å². The van der Waals surface area contributed by atoms with Crippen molar-refractivity contribution in [1.82, 2.24) is 9.55 Å². The quantitative estimate of drug-likeness (QED) is 0.415. The number of imidazole rings is 1. The van der Waals surface area contributed by atoms with Gasteiger partial charge in [-0.2, -0.15) is 0 Å². The van der Waals surface area contributed by atoms with Crippen LogP contribution < -0.4 is 4.90 Å². The molecule has 1 saturated carbocycles. The molecule has 2 aromatic carbocycles. The second-order valence-corrected chi connectivity index (χ2v) is 9.24. The number of fused-ring (bicyclic) bond motifs is 1. The number of rotatable bonds is 5. The second kappa shape index (κ2) is 9.02. The average Bonchev–Trinajstić information content (AvgIpc) is 3.27. The number of aliphatic hydroxyl groups is 1. The third kappa shape index (κ3) is 4.09. The molecule has 0 radical (unpaired) electrons. The molecule has 10 nitrogen and oxygen atoms in total. The maximum absolute atomic E-state index is 12.0. The Morgan fingerprint density at radius 2 is 1.68 bits per heavy atom. The van der Waals surface area contributed by atoms with Crippen LogP contribution in [0.15, 0.2) is 36.7 Å². The Hall–Kier alpha value is -3.53. The number of nitro benzene ring substituents is 2. The summed E-state index contributed by atoms with van der Waals surface area (Å²) in [6, 6.07) is 8.81. The molecule has 5 rings (SSSR count). The topological polar surface area (TPSA) is 128 Å². The molecule has 1 aliphatic carbocycles. The highest BCUT2D eigenvalue weighted by Crippen LogP contribution is 2.42. The highest BCUT2D eigenvalue weighted by Gasteiger charge is 2.32. The van der Waals surface area contributed by atoms with E-state index in [0.717, 1.165) is 18.4 Å². The number of nitro groups is 2. The number of piperidine rings is 1. The normalized spacial score (nSPS) is 17.9. The molecule has 0 amide bonds. The lowest BCUT2D eigenvalue weighted by molar-refractivity contribution is -0.422. The van der Waals surface area contributed by atoms with E-state index in [-0.39, 0.29) is 5.56 Å². The summed E-state index contributed by atoms with van der Waals surface area (Å²) in [6.07, 6.45) is 8.38. The minimum absolute atomic E-state index is 0.203. The van der Waals surface area contributed by atoms with Gasteiger partial charge in [0.15, 0.2) is 0 Å². The van der Waals surface area contributed by atoms with Crippen LogP contribution in [0.3, 0.4) is 0 Å².